The summed E-state index contributed by atoms with van der Waals surface area (Å²) in [5.74, 6) is 0.110. The van der Waals surface area contributed by atoms with E-state index in [4.69, 9.17) is 0 Å². The maximum atomic E-state index is 12.9. The van der Waals surface area contributed by atoms with Crippen LogP contribution in [0, 0.1) is 6.92 Å². The molecule has 2 aromatic rings. The van der Waals surface area contributed by atoms with Crippen molar-refractivity contribution < 1.29 is 4.79 Å². The van der Waals surface area contributed by atoms with Crippen molar-refractivity contribution in [2.24, 2.45) is 0 Å². The van der Waals surface area contributed by atoms with E-state index in [2.05, 4.69) is 10.4 Å². The number of likely N-dealkylation sites (tertiary alicyclic amines) is 1. The highest BCUT2D eigenvalue weighted by molar-refractivity contribution is 5.95. The Morgan fingerprint density at radius 3 is 2.78 bits per heavy atom. The summed E-state index contributed by atoms with van der Waals surface area (Å²) >= 11 is 0. The molecule has 3 heterocycles. The van der Waals surface area contributed by atoms with Crippen LogP contribution < -0.4 is 5.32 Å². The molecule has 0 radical (unpaired) electrons. The number of hydrogen-bond acceptors (Lipinski definition) is 3. The predicted molar refractivity (Wildman–Crippen MR) is 88.8 cm³/mol. The highest BCUT2D eigenvalue weighted by Gasteiger charge is 2.32. The zero-order valence-corrected chi connectivity index (χ0v) is 13.4. The minimum Gasteiger partial charge on any atom is -0.337 e. The fraction of sp³-hybridized carbons (Fsp3) is 0.444. The smallest absolute Gasteiger partial charge is 0.257 e. The van der Waals surface area contributed by atoms with Crippen LogP contribution in [-0.4, -0.2) is 45.8 Å². The first kappa shape index (κ1) is 14.5. The van der Waals surface area contributed by atoms with E-state index < -0.39 is 0 Å². The minimum absolute atomic E-state index is 0.110. The molecule has 2 fully saturated rings. The maximum absolute atomic E-state index is 12.9. The quantitative estimate of drug-likeness (QED) is 0.924. The first-order chi connectivity index (χ1) is 11.2. The summed E-state index contributed by atoms with van der Waals surface area (Å²) in [7, 11) is 0. The van der Waals surface area contributed by atoms with Crippen LogP contribution in [0.2, 0.25) is 0 Å². The third-order valence-electron chi connectivity index (χ3n) is 4.96. The van der Waals surface area contributed by atoms with Crippen molar-refractivity contribution in [3.63, 3.8) is 0 Å². The van der Waals surface area contributed by atoms with Crippen molar-refractivity contribution in [1.29, 1.82) is 0 Å². The number of aryl methyl sites for hydroxylation is 1. The molecule has 1 amide bonds. The van der Waals surface area contributed by atoms with Crippen LogP contribution in [-0.2, 0) is 0 Å². The SMILES string of the molecule is Cc1nn(-c2ccccc2)cc1C(=O)N1CCC2CCC(C1)N2. The van der Waals surface area contributed by atoms with Gasteiger partial charge in [0, 0.05) is 31.4 Å². The van der Waals surface area contributed by atoms with E-state index in [-0.39, 0.29) is 5.91 Å². The molecule has 5 nitrogen and oxygen atoms in total. The average Bonchev–Trinajstić information content (AvgIpc) is 3.10. The second-order valence-corrected chi connectivity index (χ2v) is 6.59. The number of nitrogens with one attached hydrogen (secondary N) is 1. The van der Waals surface area contributed by atoms with Crippen LogP contribution in [0.3, 0.4) is 0 Å². The second-order valence-electron chi connectivity index (χ2n) is 6.59. The summed E-state index contributed by atoms with van der Waals surface area (Å²) in [6.07, 6.45) is 5.34. The molecule has 120 valence electrons. The summed E-state index contributed by atoms with van der Waals surface area (Å²) in [4.78, 5) is 14.9. The molecule has 1 aromatic carbocycles. The van der Waals surface area contributed by atoms with Crippen molar-refractivity contribution in [3.8, 4) is 5.69 Å². The number of benzene rings is 1. The van der Waals surface area contributed by atoms with Gasteiger partial charge in [-0.1, -0.05) is 18.2 Å². The fourth-order valence-corrected chi connectivity index (χ4v) is 3.68. The number of aromatic nitrogens is 2. The number of amides is 1. The summed E-state index contributed by atoms with van der Waals surface area (Å²) in [6, 6.07) is 11.0. The monoisotopic (exact) mass is 310 g/mol. The van der Waals surface area contributed by atoms with Gasteiger partial charge in [-0.15, -0.1) is 0 Å². The molecule has 2 unspecified atom stereocenters. The highest BCUT2D eigenvalue weighted by atomic mass is 16.2. The van der Waals surface area contributed by atoms with Crippen LogP contribution in [0.25, 0.3) is 5.69 Å². The van der Waals surface area contributed by atoms with Gasteiger partial charge in [-0.3, -0.25) is 4.79 Å². The molecule has 0 spiro atoms. The molecule has 5 heteroatoms. The molecule has 2 aliphatic heterocycles. The molecule has 2 bridgehead atoms. The molecule has 23 heavy (non-hydrogen) atoms. The number of carbonyl (C=O) groups excluding carboxylic acids is 1. The Labute approximate surface area is 136 Å². The van der Waals surface area contributed by atoms with E-state index in [1.807, 2.05) is 48.4 Å². The van der Waals surface area contributed by atoms with Gasteiger partial charge in [0.2, 0.25) is 0 Å². The van der Waals surface area contributed by atoms with E-state index >= 15 is 0 Å². The van der Waals surface area contributed by atoms with Gasteiger partial charge in [-0.25, -0.2) is 4.68 Å². The third-order valence-corrected chi connectivity index (χ3v) is 4.96. The van der Waals surface area contributed by atoms with Crippen LogP contribution >= 0.6 is 0 Å². The Morgan fingerprint density at radius 1 is 1.17 bits per heavy atom. The molecule has 2 saturated heterocycles. The largest absolute Gasteiger partial charge is 0.337 e. The Hall–Kier alpha value is -2.14. The van der Waals surface area contributed by atoms with Crippen LogP contribution in [0.1, 0.15) is 35.3 Å². The Balaban J connectivity index is 1.58. The van der Waals surface area contributed by atoms with Gasteiger partial charge in [-0.05, 0) is 38.3 Å². The molecular formula is C18H22N4O. The van der Waals surface area contributed by atoms with E-state index in [9.17, 15) is 4.79 Å². The van der Waals surface area contributed by atoms with E-state index in [1.54, 1.807) is 4.68 Å². The highest BCUT2D eigenvalue weighted by Crippen LogP contribution is 2.22. The summed E-state index contributed by atoms with van der Waals surface area (Å²) < 4.78 is 1.80. The lowest BCUT2D eigenvalue weighted by Gasteiger charge is -2.24. The summed E-state index contributed by atoms with van der Waals surface area (Å²) in [5.41, 5.74) is 2.49. The zero-order valence-electron chi connectivity index (χ0n) is 13.4. The van der Waals surface area contributed by atoms with Gasteiger partial charge >= 0.3 is 0 Å². The van der Waals surface area contributed by atoms with Crippen molar-refractivity contribution in [2.45, 2.75) is 38.3 Å². The van der Waals surface area contributed by atoms with E-state index in [0.29, 0.717) is 17.6 Å². The third kappa shape index (κ3) is 2.77. The van der Waals surface area contributed by atoms with Crippen molar-refractivity contribution >= 4 is 5.91 Å². The first-order valence-corrected chi connectivity index (χ1v) is 8.38. The molecule has 1 aromatic heterocycles. The van der Waals surface area contributed by atoms with E-state index in [1.165, 1.54) is 12.8 Å². The van der Waals surface area contributed by atoms with Gasteiger partial charge in [0.15, 0.2) is 0 Å². The molecule has 4 rings (SSSR count). The normalized spacial score (nSPS) is 23.8. The van der Waals surface area contributed by atoms with E-state index in [0.717, 1.165) is 30.9 Å². The Morgan fingerprint density at radius 2 is 1.96 bits per heavy atom. The molecule has 1 N–H and O–H groups in total. The first-order valence-electron chi connectivity index (χ1n) is 8.38. The topological polar surface area (TPSA) is 50.2 Å². The lowest BCUT2D eigenvalue weighted by molar-refractivity contribution is 0.0747. The molecule has 0 saturated carbocycles. The second kappa shape index (κ2) is 5.81. The molecule has 0 aliphatic carbocycles. The number of nitrogens with zero attached hydrogens (tertiary/aromatic N) is 3. The molecular weight excluding hydrogens is 288 g/mol. The fourth-order valence-electron chi connectivity index (χ4n) is 3.68. The lowest BCUT2D eigenvalue weighted by Crippen LogP contribution is -2.39. The molecule has 2 aliphatic rings. The zero-order chi connectivity index (χ0) is 15.8. The van der Waals surface area contributed by atoms with Crippen molar-refractivity contribution in [2.75, 3.05) is 13.1 Å². The van der Waals surface area contributed by atoms with Gasteiger partial charge in [-0.2, -0.15) is 5.10 Å². The Kier molecular flexibility index (Phi) is 3.65. The van der Waals surface area contributed by atoms with Gasteiger partial charge in [0.25, 0.3) is 5.91 Å². The lowest BCUT2D eigenvalue weighted by atomic mass is 10.1. The van der Waals surface area contributed by atoms with Crippen LogP contribution in [0.4, 0.5) is 0 Å². The number of hydrogen-bond donors (Lipinski definition) is 1. The Bertz CT molecular complexity index is 709. The summed E-state index contributed by atoms with van der Waals surface area (Å²) in [5, 5.41) is 8.14. The van der Waals surface area contributed by atoms with Crippen molar-refractivity contribution in [1.82, 2.24) is 20.0 Å². The standard InChI is InChI=1S/C18H22N4O/c1-13-17(12-22(20-13)16-5-3-2-4-6-16)18(23)21-10-9-14-7-8-15(11-21)19-14/h2-6,12,14-15,19H,7-11H2,1H3. The van der Waals surface area contributed by atoms with Crippen LogP contribution in [0.5, 0.6) is 0 Å². The summed E-state index contributed by atoms with van der Waals surface area (Å²) in [6.45, 7) is 3.56. The predicted octanol–water partition coefficient (Wildman–Crippen LogP) is 2.15. The van der Waals surface area contributed by atoms with Crippen molar-refractivity contribution in [3.05, 3.63) is 47.8 Å². The minimum atomic E-state index is 0.110. The number of para-hydroxylation sites is 1. The average molecular weight is 310 g/mol. The van der Waals surface area contributed by atoms with Gasteiger partial charge < -0.3 is 10.2 Å². The van der Waals surface area contributed by atoms with Gasteiger partial charge in [0.1, 0.15) is 0 Å². The number of carbonyl (C=O) groups is 1. The van der Waals surface area contributed by atoms with Gasteiger partial charge in [0.05, 0.1) is 16.9 Å². The number of rotatable bonds is 2. The van der Waals surface area contributed by atoms with Crippen LogP contribution in [0.15, 0.2) is 36.5 Å². The molecule has 2 atom stereocenters. The number of fused-ring (bicyclic) bond motifs is 2. The maximum Gasteiger partial charge on any atom is 0.257 e.